The Morgan fingerprint density at radius 2 is 2.08 bits per heavy atom. The van der Waals surface area contributed by atoms with Crippen molar-refractivity contribution in [1.29, 1.82) is 5.26 Å². The molecule has 1 heterocycles. The molecule has 4 nitrogen and oxygen atoms in total. The second-order valence-corrected chi connectivity index (χ2v) is 7.95. The maximum atomic E-state index is 12.4. The zero-order chi connectivity index (χ0) is 17.8. The van der Waals surface area contributed by atoms with Gasteiger partial charge in [0.15, 0.2) is 6.54 Å². The summed E-state index contributed by atoms with van der Waals surface area (Å²) in [4.78, 5) is 13.7. The molecule has 0 saturated heterocycles. The predicted octanol–water partition coefficient (Wildman–Crippen LogP) is 3.01. The van der Waals surface area contributed by atoms with Gasteiger partial charge in [-0.05, 0) is 24.8 Å². The molecule has 0 saturated carbocycles. The summed E-state index contributed by atoms with van der Waals surface area (Å²) in [6.07, 6.45) is 3.10. The fourth-order valence-electron chi connectivity index (χ4n) is 3.49. The monoisotopic (exact) mass is 354 g/mol. The molecule has 1 aliphatic carbocycles. The fraction of sp³-hybridized carbons (Fsp3) is 0.400. The van der Waals surface area contributed by atoms with Gasteiger partial charge in [-0.25, -0.2) is 0 Å². The molecular formula is C20H24N3OS+. The summed E-state index contributed by atoms with van der Waals surface area (Å²) in [6.45, 7) is 4.69. The van der Waals surface area contributed by atoms with Crippen LogP contribution in [0, 0.1) is 17.2 Å². The summed E-state index contributed by atoms with van der Waals surface area (Å²) in [5, 5.41) is 15.2. The molecule has 3 rings (SSSR count). The number of nitrogens with one attached hydrogen (secondary N) is 1. The van der Waals surface area contributed by atoms with Gasteiger partial charge in [-0.2, -0.15) is 5.26 Å². The molecule has 0 aliphatic heterocycles. The number of aryl methyl sites for hydroxylation is 1. The van der Waals surface area contributed by atoms with E-state index in [4.69, 9.17) is 0 Å². The Labute approximate surface area is 152 Å². The molecule has 0 unspecified atom stereocenters. The number of carbonyl (C=O) groups is 1. The highest BCUT2D eigenvalue weighted by molar-refractivity contribution is 7.16. The van der Waals surface area contributed by atoms with Crippen LogP contribution in [0.3, 0.4) is 0 Å². The van der Waals surface area contributed by atoms with Crippen LogP contribution in [-0.4, -0.2) is 12.5 Å². The maximum Gasteiger partial charge on any atom is 0.280 e. The second kappa shape index (κ2) is 7.81. The van der Waals surface area contributed by atoms with Crippen LogP contribution in [0.1, 0.15) is 47.9 Å². The van der Waals surface area contributed by atoms with Gasteiger partial charge in [-0.3, -0.25) is 4.79 Å². The third kappa shape index (κ3) is 3.92. The minimum atomic E-state index is -0.0435. The van der Waals surface area contributed by atoms with Gasteiger partial charge in [0, 0.05) is 16.4 Å². The van der Waals surface area contributed by atoms with E-state index < -0.39 is 0 Å². The molecule has 1 atom stereocenters. The van der Waals surface area contributed by atoms with Gasteiger partial charge >= 0.3 is 0 Å². The summed E-state index contributed by atoms with van der Waals surface area (Å²) >= 11 is 1.57. The lowest BCUT2D eigenvalue weighted by atomic mass is 9.96. The quantitative estimate of drug-likeness (QED) is 0.837. The Hall–Kier alpha value is -2.16. The minimum absolute atomic E-state index is 0.0435. The molecule has 1 aromatic heterocycles. The maximum absolute atomic E-state index is 12.4. The molecule has 1 aromatic carbocycles. The first kappa shape index (κ1) is 17.7. The number of carbonyl (C=O) groups excluding carboxylic acids is 1. The van der Waals surface area contributed by atoms with Crippen molar-refractivity contribution in [1.82, 2.24) is 0 Å². The van der Waals surface area contributed by atoms with Crippen LogP contribution in [0.2, 0.25) is 0 Å². The molecule has 1 aliphatic rings. The topological polar surface area (TPSA) is 69.5 Å². The van der Waals surface area contributed by atoms with E-state index in [-0.39, 0.29) is 11.9 Å². The van der Waals surface area contributed by atoms with Crippen LogP contribution >= 0.6 is 11.3 Å². The molecule has 0 spiro atoms. The molecule has 25 heavy (non-hydrogen) atoms. The van der Waals surface area contributed by atoms with E-state index in [1.807, 2.05) is 18.2 Å². The van der Waals surface area contributed by atoms with Crippen LogP contribution in [-0.2, 0) is 17.6 Å². The number of anilines is 1. The Balaban J connectivity index is 1.64. The van der Waals surface area contributed by atoms with E-state index in [0.717, 1.165) is 29.8 Å². The van der Waals surface area contributed by atoms with Gasteiger partial charge < -0.3 is 10.6 Å². The first-order valence-electron chi connectivity index (χ1n) is 8.83. The smallest absolute Gasteiger partial charge is 0.280 e. The fourth-order valence-corrected chi connectivity index (χ4v) is 4.75. The molecule has 0 fully saturated rings. The van der Waals surface area contributed by atoms with Crippen molar-refractivity contribution < 1.29 is 10.1 Å². The molecule has 1 amide bonds. The van der Waals surface area contributed by atoms with Gasteiger partial charge in [0.1, 0.15) is 17.1 Å². The third-order valence-electron chi connectivity index (χ3n) is 4.75. The highest BCUT2D eigenvalue weighted by Crippen LogP contribution is 2.38. The van der Waals surface area contributed by atoms with Crippen molar-refractivity contribution in [2.75, 3.05) is 11.9 Å². The number of hydrogen-bond donors (Lipinski definition) is 2. The Morgan fingerprint density at radius 3 is 2.76 bits per heavy atom. The number of nitrogens with two attached hydrogens (primary N) is 1. The van der Waals surface area contributed by atoms with Crippen molar-refractivity contribution >= 4 is 22.2 Å². The summed E-state index contributed by atoms with van der Waals surface area (Å²) in [5.74, 6) is 0.383. The number of quaternary nitrogens is 1. The largest absolute Gasteiger partial charge is 0.332 e. The number of thiophene rings is 1. The molecule has 5 heteroatoms. The van der Waals surface area contributed by atoms with E-state index in [9.17, 15) is 10.1 Å². The van der Waals surface area contributed by atoms with Crippen LogP contribution < -0.4 is 10.6 Å². The minimum Gasteiger partial charge on any atom is -0.332 e. The van der Waals surface area contributed by atoms with Crippen LogP contribution in [0.25, 0.3) is 0 Å². The van der Waals surface area contributed by atoms with E-state index in [1.165, 1.54) is 10.4 Å². The van der Waals surface area contributed by atoms with Crippen LogP contribution in [0.4, 0.5) is 5.00 Å². The number of nitriles is 1. The lowest BCUT2D eigenvalue weighted by Crippen LogP contribution is -2.88. The van der Waals surface area contributed by atoms with Crippen molar-refractivity contribution in [3.63, 3.8) is 0 Å². The zero-order valence-corrected chi connectivity index (χ0v) is 15.5. The third-order valence-corrected chi connectivity index (χ3v) is 5.95. The summed E-state index contributed by atoms with van der Waals surface area (Å²) in [5.41, 5.74) is 3.06. The average Bonchev–Trinajstić information content (AvgIpc) is 3.16. The Kier molecular flexibility index (Phi) is 5.52. The van der Waals surface area contributed by atoms with E-state index >= 15 is 0 Å². The van der Waals surface area contributed by atoms with Crippen molar-refractivity contribution in [2.45, 2.75) is 39.2 Å². The molecule has 0 bridgehead atoms. The standard InChI is InChI=1S/C20H23N3OS/c1-13(2)19(14-7-4-3-5-8-14)22-12-18(24)23-20-16(11-21)15-9-6-10-17(15)25-20/h3-5,7-8,13,19,22H,6,9-10,12H2,1-2H3,(H,23,24)/p+1/t19-/m1/s1. The van der Waals surface area contributed by atoms with Gasteiger partial charge in [-0.15, -0.1) is 11.3 Å². The second-order valence-electron chi connectivity index (χ2n) is 6.84. The SMILES string of the molecule is CC(C)[C@@H]([NH2+]CC(=O)Nc1sc2c(c1C#N)CCC2)c1ccccc1. The van der Waals surface area contributed by atoms with Crippen molar-refractivity contribution in [2.24, 2.45) is 5.92 Å². The first-order valence-corrected chi connectivity index (χ1v) is 9.64. The molecular weight excluding hydrogens is 330 g/mol. The number of nitrogens with zero attached hydrogens (tertiary/aromatic N) is 1. The van der Waals surface area contributed by atoms with Crippen molar-refractivity contribution in [3.8, 4) is 6.07 Å². The summed E-state index contributed by atoms with van der Waals surface area (Å²) < 4.78 is 0. The number of fused-ring (bicyclic) bond motifs is 1. The van der Waals surface area contributed by atoms with Crippen LogP contribution in [0.15, 0.2) is 30.3 Å². The van der Waals surface area contributed by atoms with Crippen molar-refractivity contribution in [3.05, 3.63) is 51.9 Å². The van der Waals surface area contributed by atoms with E-state index in [0.29, 0.717) is 18.0 Å². The Bertz CT molecular complexity index is 789. The normalized spacial score (nSPS) is 14.2. The zero-order valence-electron chi connectivity index (χ0n) is 14.7. The Morgan fingerprint density at radius 1 is 1.32 bits per heavy atom. The number of hydrogen-bond acceptors (Lipinski definition) is 3. The van der Waals surface area contributed by atoms with Gasteiger partial charge in [0.2, 0.25) is 0 Å². The summed E-state index contributed by atoms with van der Waals surface area (Å²) in [7, 11) is 0. The van der Waals surface area contributed by atoms with Gasteiger partial charge in [-0.1, -0.05) is 44.2 Å². The number of amides is 1. The average molecular weight is 354 g/mol. The first-order chi connectivity index (χ1) is 12.1. The molecule has 2 aromatic rings. The predicted molar refractivity (Wildman–Crippen MR) is 101 cm³/mol. The van der Waals surface area contributed by atoms with Gasteiger partial charge in [0.25, 0.3) is 5.91 Å². The summed E-state index contributed by atoms with van der Waals surface area (Å²) in [6, 6.07) is 12.8. The lowest BCUT2D eigenvalue weighted by molar-refractivity contribution is -0.692. The van der Waals surface area contributed by atoms with E-state index in [2.05, 4.69) is 42.7 Å². The lowest BCUT2D eigenvalue weighted by Gasteiger charge is -2.19. The number of benzene rings is 1. The highest BCUT2D eigenvalue weighted by Gasteiger charge is 2.24. The van der Waals surface area contributed by atoms with E-state index in [1.54, 1.807) is 11.3 Å². The van der Waals surface area contributed by atoms with Crippen LogP contribution in [0.5, 0.6) is 0 Å². The molecule has 0 radical (unpaired) electrons. The van der Waals surface area contributed by atoms with Gasteiger partial charge in [0.05, 0.1) is 5.56 Å². The number of rotatable bonds is 6. The molecule has 130 valence electrons. The molecule has 3 N–H and O–H groups in total. The highest BCUT2D eigenvalue weighted by atomic mass is 32.1.